The fraction of sp³-hybridized carbons (Fsp3) is 0.400. The van der Waals surface area contributed by atoms with E-state index in [-0.39, 0.29) is 0 Å². The van der Waals surface area contributed by atoms with Crippen molar-refractivity contribution < 1.29 is 24.2 Å². The number of methoxy groups -OCH3 is 1. The molecule has 2 amide bonds. The molecule has 9 heteroatoms. The second kappa shape index (κ2) is 6.38. The Kier molecular flexibility index (Phi) is 4.86. The maximum atomic E-state index is 11.5. The van der Waals surface area contributed by atoms with Crippen LogP contribution < -0.4 is 10.6 Å². The van der Waals surface area contributed by atoms with Gasteiger partial charge in [-0.15, -0.1) is 0 Å². The van der Waals surface area contributed by atoms with E-state index < -0.39 is 30.4 Å². The highest BCUT2D eigenvalue weighted by atomic mass is 16.5. The number of amides is 2. The number of aryl methyl sites for hydroxylation is 1. The molecule has 0 aromatic carbocycles. The van der Waals surface area contributed by atoms with E-state index in [4.69, 9.17) is 5.11 Å². The van der Waals surface area contributed by atoms with Crippen molar-refractivity contribution in [2.75, 3.05) is 12.4 Å². The van der Waals surface area contributed by atoms with Crippen LogP contribution in [0, 0.1) is 0 Å². The third-order valence-corrected chi connectivity index (χ3v) is 2.16. The summed E-state index contributed by atoms with van der Waals surface area (Å²) in [6, 6.07) is -2.10. The summed E-state index contributed by atoms with van der Waals surface area (Å²) in [6.07, 6.45) is 2.48. The van der Waals surface area contributed by atoms with Crippen LogP contribution in [0.5, 0.6) is 0 Å². The first kappa shape index (κ1) is 14.5. The van der Waals surface area contributed by atoms with E-state index in [1.165, 1.54) is 17.1 Å². The molecule has 0 aliphatic rings. The van der Waals surface area contributed by atoms with Crippen LogP contribution in [0.3, 0.4) is 0 Å². The lowest BCUT2D eigenvalue weighted by Crippen LogP contribution is -2.44. The Labute approximate surface area is 108 Å². The van der Waals surface area contributed by atoms with Crippen molar-refractivity contribution in [3.63, 3.8) is 0 Å². The fourth-order valence-electron chi connectivity index (χ4n) is 1.26. The molecule has 104 valence electrons. The third-order valence-electron chi connectivity index (χ3n) is 2.16. The molecule has 0 saturated carbocycles. The van der Waals surface area contributed by atoms with Crippen LogP contribution in [0.4, 0.5) is 10.5 Å². The number of anilines is 1. The van der Waals surface area contributed by atoms with Gasteiger partial charge in [-0.3, -0.25) is 9.48 Å². The predicted octanol–water partition coefficient (Wildman–Crippen LogP) is -0.442. The average Bonchev–Trinajstić information content (AvgIpc) is 2.73. The number of aromatic nitrogens is 2. The van der Waals surface area contributed by atoms with Gasteiger partial charge in [0, 0.05) is 13.2 Å². The normalized spacial score (nSPS) is 11.5. The van der Waals surface area contributed by atoms with Gasteiger partial charge in [-0.2, -0.15) is 5.10 Å². The maximum absolute atomic E-state index is 11.5. The average molecular weight is 270 g/mol. The highest BCUT2D eigenvalue weighted by Crippen LogP contribution is 2.03. The molecule has 0 unspecified atom stereocenters. The molecular formula is C10H14N4O5. The quantitative estimate of drug-likeness (QED) is 0.623. The Morgan fingerprint density at radius 2 is 2.21 bits per heavy atom. The van der Waals surface area contributed by atoms with Crippen molar-refractivity contribution in [1.82, 2.24) is 15.1 Å². The summed E-state index contributed by atoms with van der Waals surface area (Å²) in [5.74, 6) is -2.05. The van der Waals surface area contributed by atoms with Crippen molar-refractivity contribution in [2.24, 2.45) is 7.05 Å². The Morgan fingerprint density at radius 1 is 1.53 bits per heavy atom. The SMILES string of the molecule is COC(=O)C[C@H](NC(=O)Nc1cnn(C)c1)C(=O)O. The van der Waals surface area contributed by atoms with E-state index in [9.17, 15) is 14.4 Å². The molecule has 1 heterocycles. The number of ether oxygens (including phenoxy) is 1. The number of carbonyl (C=O) groups excluding carboxylic acids is 2. The monoisotopic (exact) mass is 270 g/mol. The van der Waals surface area contributed by atoms with Gasteiger partial charge in [-0.1, -0.05) is 0 Å². The summed E-state index contributed by atoms with van der Waals surface area (Å²) in [6.45, 7) is 0. The van der Waals surface area contributed by atoms with Gasteiger partial charge in [0.25, 0.3) is 0 Å². The zero-order chi connectivity index (χ0) is 14.4. The summed E-state index contributed by atoms with van der Waals surface area (Å²) < 4.78 is 5.82. The van der Waals surface area contributed by atoms with Gasteiger partial charge in [-0.25, -0.2) is 9.59 Å². The minimum Gasteiger partial charge on any atom is -0.480 e. The number of nitrogens with zero attached hydrogens (tertiary/aromatic N) is 2. The Morgan fingerprint density at radius 3 is 2.68 bits per heavy atom. The molecule has 0 radical (unpaired) electrons. The summed E-state index contributed by atoms with van der Waals surface area (Å²) >= 11 is 0. The van der Waals surface area contributed by atoms with E-state index in [1.54, 1.807) is 7.05 Å². The first-order chi connectivity index (χ1) is 8.92. The summed E-state index contributed by atoms with van der Waals surface area (Å²) in [5.41, 5.74) is 0.405. The number of nitrogens with one attached hydrogen (secondary N) is 2. The Hall–Kier alpha value is -2.58. The minimum absolute atomic E-state index is 0.405. The number of carboxylic acid groups (broad SMARTS) is 1. The summed E-state index contributed by atoms with van der Waals surface area (Å²) in [4.78, 5) is 33.4. The number of hydrogen-bond donors (Lipinski definition) is 3. The molecule has 3 N–H and O–H groups in total. The van der Waals surface area contributed by atoms with E-state index in [1.807, 2.05) is 0 Å². The van der Waals surface area contributed by atoms with Gasteiger partial charge in [0.1, 0.15) is 6.04 Å². The molecule has 9 nitrogen and oxygen atoms in total. The van der Waals surface area contributed by atoms with Crippen LogP contribution in [0.25, 0.3) is 0 Å². The highest BCUT2D eigenvalue weighted by molar-refractivity contribution is 5.93. The Balaban J connectivity index is 2.56. The molecule has 1 atom stereocenters. The number of carboxylic acids is 1. The number of hydrogen-bond acceptors (Lipinski definition) is 5. The van der Waals surface area contributed by atoms with E-state index in [2.05, 4.69) is 20.5 Å². The van der Waals surface area contributed by atoms with Crippen LogP contribution in [0.1, 0.15) is 6.42 Å². The van der Waals surface area contributed by atoms with Crippen molar-refractivity contribution in [3.05, 3.63) is 12.4 Å². The molecule has 1 aromatic heterocycles. The molecular weight excluding hydrogens is 256 g/mol. The Bertz CT molecular complexity index is 484. The third kappa shape index (κ3) is 4.66. The van der Waals surface area contributed by atoms with Crippen LogP contribution in [-0.4, -0.2) is 46.0 Å². The van der Waals surface area contributed by atoms with Gasteiger partial charge >= 0.3 is 18.0 Å². The topological polar surface area (TPSA) is 123 Å². The van der Waals surface area contributed by atoms with Crippen molar-refractivity contribution in [2.45, 2.75) is 12.5 Å². The van der Waals surface area contributed by atoms with Crippen LogP contribution in [-0.2, 0) is 21.4 Å². The lowest BCUT2D eigenvalue weighted by Gasteiger charge is -2.13. The number of carbonyl (C=O) groups is 3. The van der Waals surface area contributed by atoms with E-state index in [0.717, 1.165) is 7.11 Å². The number of rotatable bonds is 5. The van der Waals surface area contributed by atoms with E-state index >= 15 is 0 Å². The second-order valence-electron chi connectivity index (χ2n) is 3.67. The maximum Gasteiger partial charge on any atom is 0.326 e. The smallest absolute Gasteiger partial charge is 0.326 e. The first-order valence-corrected chi connectivity index (χ1v) is 5.28. The highest BCUT2D eigenvalue weighted by Gasteiger charge is 2.23. The van der Waals surface area contributed by atoms with Gasteiger partial charge in [0.2, 0.25) is 0 Å². The van der Waals surface area contributed by atoms with E-state index in [0.29, 0.717) is 5.69 Å². The van der Waals surface area contributed by atoms with Gasteiger partial charge in [0.05, 0.1) is 25.4 Å². The zero-order valence-corrected chi connectivity index (χ0v) is 10.4. The molecule has 0 spiro atoms. The van der Waals surface area contributed by atoms with Gasteiger partial charge < -0.3 is 20.5 Å². The zero-order valence-electron chi connectivity index (χ0n) is 10.4. The summed E-state index contributed by atoms with van der Waals surface area (Å²) in [5, 5.41) is 17.2. The van der Waals surface area contributed by atoms with Crippen molar-refractivity contribution in [3.8, 4) is 0 Å². The molecule has 0 bridgehead atoms. The lowest BCUT2D eigenvalue weighted by atomic mass is 10.2. The van der Waals surface area contributed by atoms with Crippen molar-refractivity contribution in [1.29, 1.82) is 0 Å². The molecule has 1 aromatic rings. The second-order valence-corrected chi connectivity index (χ2v) is 3.67. The van der Waals surface area contributed by atoms with Crippen molar-refractivity contribution >= 4 is 23.7 Å². The predicted molar refractivity (Wildman–Crippen MR) is 63.4 cm³/mol. The van der Waals surface area contributed by atoms with Gasteiger partial charge in [-0.05, 0) is 0 Å². The van der Waals surface area contributed by atoms with Crippen LogP contribution >= 0.6 is 0 Å². The standard InChI is InChI=1S/C10H14N4O5/c1-14-5-6(4-11-14)12-10(18)13-7(9(16)17)3-8(15)19-2/h4-5,7H,3H2,1-2H3,(H,16,17)(H2,12,13,18)/t7-/m0/s1. The van der Waals surface area contributed by atoms with Crippen LogP contribution in [0.2, 0.25) is 0 Å². The van der Waals surface area contributed by atoms with Crippen LogP contribution in [0.15, 0.2) is 12.4 Å². The largest absolute Gasteiger partial charge is 0.480 e. The molecule has 0 saturated heterocycles. The molecule has 0 aliphatic heterocycles. The number of esters is 1. The molecule has 0 fully saturated rings. The molecule has 19 heavy (non-hydrogen) atoms. The molecule has 1 rings (SSSR count). The number of aliphatic carboxylic acids is 1. The molecule has 0 aliphatic carbocycles. The fourth-order valence-corrected chi connectivity index (χ4v) is 1.26. The minimum atomic E-state index is -1.36. The van der Waals surface area contributed by atoms with Gasteiger partial charge in [0.15, 0.2) is 0 Å². The first-order valence-electron chi connectivity index (χ1n) is 5.28. The lowest BCUT2D eigenvalue weighted by molar-refractivity contribution is -0.147. The summed E-state index contributed by atoms with van der Waals surface area (Å²) in [7, 11) is 2.80. The number of urea groups is 1.